The molecule has 0 radical (unpaired) electrons. The molecule has 0 amide bonds. The lowest BCUT2D eigenvalue weighted by Gasteiger charge is -2.11. The molecule has 0 unspecified atom stereocenters. The van der Waals surface area contributed by atoms with Crippen molar-refractivity contribution in [2.45, 2.75) is 25.3 Å². The minimum absolute atomic E-state index is 0.239. The van der Waals surface area contributed by atoms with Gasteiger partial charge in [-0.15, -0.1) is 0 Å². The number of rotatable bonds is 8. The Labute approximate surface area is 83.0 Å². The van der Waals surface area contributed by atoms with Crippen molar-refractivity contribution < 1.29 is 14.7 Å². The van der Waals surface area contributed by atoms with Crippen molar-refractivity contribution in [3.8, 4) is 0 Å². The number of unbranched alkanes of at least 4 members (excludes halogenated alkanes) is 1. The normalized spacial score (nSPS) is 11.8. The van der Waals surface area contributed by atoms with Crippen LogP contribution in [0, 0.1) is 0 Å². The molecule has 0 rings (SSSR count). The summed E-state index contributed by atoms with van der Waals surface area (Å²) in [6.07, 6.45) is 3.33. The number of hydrogen-bond donors (Lipinski definition) is 3. The monoisotopic (exact) mass is 200 g/mol. The maximum absolute atomic E-state index is 10.7. The molecule has 80 valence electrons. The highest BCUT2D eigenvalue weighted by Gasteiger charge is 2.14. The van der Waals surface area contributed by atoms with Crippen molar-refractivity contribution in [3.05, 3.63) is 6.08 Å². The lowest BCUT2D eigenvalue weighted by atomic mass is 10.1. The van der Waals surface area contributed by atoms with Crippen LogP contribution in [0.25, 0.3) is 0 Å². The Morgan fingerprint density at radius 2 is 2.29 bits per heavy atom. The van der Waals surface area contributed by atoms with Crippen molar-refractivity contribution in [3.63, 3.8) is 0 Å². The minimum atomic E-state index is -0.902. The van der Waals surface area contributed by atoms with E-state index in [4.69, 9.17) is 10.8 Å². The van der Waals surface area contributed by atoms with Crippen LogP contribution in [0.3, 0.4) is 0 Å². The van der Waals surface area contributed by atoms with Gasteiger partial charge in [-0.1, -0.05) is 6.42 Å². The van der Waals surface area contributed by atoms with E-state index in [1.165, 1.54) is 6.08 Å². The van der Waals surface area contributed by atoms with Gasteiger partial charge in [0.25, 0.3) is 0 Å². The van der Waals surface area contributed by atoms with Gasteiger partial charge in [0.2, 0.25) is 0 Å². The predicted octanol–water partition coefficient (Wildman–Crippen LogP) is -0.454. The maximum atomic E-state index is 10.7. The summed E-state index contributed by atoms with van der Waals surface area (Å²) in [6.45, 7) is 0.809. The standard InChI is InChI=1S/C9H16N2O3/c10-5-2-1-4-8(9(13)14)11-6-3-7-12/h3,8,11H,1-2,4-6,10H2,(H,13,14)/t8-/m0/s1. The van der Waals surface area contributed by atoms with Crippen LogP contribution in [0.5, 0.6) is 0 Å². The lowest BCUT2D eigenvalue weighted by Crippen LogP contribution is -2.36. The average molecular weight is 200 g/mol. The largest absolute Gasteiger partial charge is 0.480 e. The molecule has 0 bridgehead atoms. The zero-order valence-corrected chi connectivity index (χ0v) is 8.03. The molecule has 0 aliphatic rings. The van der Waals surface area contributed by atoms with Crippen LogP contribution in [0.4, 0.5) is 0 Å². The fourth-order valence-electron chi connectivity index (χ4n) is 1.05. The summed E-state index contributed by atoms with van der Waals surface area (Å²) >= 11 is 0. The summed E-state index contributed by atoms with van der Waals surface area (Å²) in [5.41, 5.74) is 5.29. The van der Waals surface area contributed by atoms with Gasteiger partial charge in [0.05, 0.1) is 0 Å². The molecular formula is C9H16N2O3. The Balaban J connectivity index is 3.77. The van der Waals surface area contributed by atoms with Crippen LogP contribution in [-0.4, -0.2) is 36.1 Å². The molecule has 0 fully saturated rings. The second-order valence-electron chi connectivity index (χ2n) is 2.91. The van der Waals surface area contributed by atoms with Gasteiger partial charge in [0.15, 0.2) is 0 Å². The quantitative estimate of drug-likeness (QED) is 0.364. The van der Waals surface area contributed by atoms with Gasteiger partial charge < -0.3 is 16.2 Å². The van der Waals surface area contributed by atoms with Crippen LogP contribution in [0.15, 0.2) is 6.08 Å². The van der Waals surface area contributed by atoms with Gasteiger partial charge in [0, 0.05) is 12.6 Å². The van der Waals surface area contributed by atoms with Crippen molar-refractivity contribution in [2.24, 2.45) is 5.73 Å². The van der Waals surface area contributed by atoms with E-state index in [0.717, 1.165) is 12.8 Å². The number of aliphatic carboxylic acids is 1. The Morgan fingerprint density at radius 1 is 1.57 bits per heavy atom. The van der Waals surface area contributed by atoms with Crippen LogP contribution < -0.4 is 11.1 Å². The number of carboxylic acid groups (broad SMARTS) is 1. The molecule has 0 aromatic carbocycles. The van der Waals surface area contributed by atoms with E-state index in [9.17, 15) is 9.59 Å². The fourth-order valence-corrected chi connectivity index (χ4v) is 1.05. The molecule has 0 heterocycles. The van der Waals surface area contributed by atoms with Crippen molar-refractivity contribution in [1.29, 1.82) is 0 Å². The topological polar surface area (TPSA) is 92.4 Å². The molecule has 0 aliphatic carbocycles. The minimum Gasteiger partial charge on any atom is -0.480 e. The summed E-state index contributed by atoms with van der Waals surface area (Å²) in [6, 6.07) is -0.605. The van der Waals surface area contributed by atoms with Crippen LogP contribution in [0.2, 0.25) is 0 Å². The van der Waals surface area contributed by atoms with Gasteiger partial charge >= 0.3 is 5.97 Å². The molecule has 0 aliphatic heterocycles. The zero-order valence-electron chi connectivity index (χ0n) is 8.03. The Hall–Kier alpha value is -1.16. The van der Waals surface area contributed by atoms with Gasteiger partial charge in [-0.25, -0.2) is 4.79 Å². The fraction of sp³-hybridized carbons (Fsp3) is 0.667. The van der Waals surface area contributed by atoms with Gasteiger partial charge in [0.1, 0.15) is 12.0 Å². The SMILES string of the molecule is NCCCC[C@H](NCC=C=O)C(=O)O. The number of carboxylic acids is 1. The molecule has 0 aromatic rings. The highest BCUT2D eigenvalue weighted by atomic mass is 16.4. The van der Waals surface area contributed by atoms with Crippen LogP contribution in [-0.2, 0) is 9.59 Å². The van der Waals surface area contributed by atoms with E-state index in [2.05, 4.69) is 5.32 Å². The molecular weight excluding hydrogens is 184 g/mol. The number of nitrogens with one attached hydrogen (secondary N) is 1. The molecule has 4 N–H and O–H groups in total. The van der Waals surface area contributed by atoms with E-state index >= 15 is 0 Å². The van der Waals surface area contributed by atoms with E-state index < -0.39 is 12.0 Å². The Morgan fingerprint density at radius 3 is 2.79 bits per heavy atom. The Bertz CT molecular complexity index is 212. The average Bonchev–Trinajstić information content (AvgIpc) is 2.15. The summed E-state index contributed by atoms with van der Waals surface area (Å²) in [5.74, 6) is 0.677. The van der Waals surface area contributed by atoms with E-state index in [-0.39, 0.29) is 6.54 Å². The van der Waals surface area contributed by atoms with Gasteiger partial charge in [-0.05, 0) is 19.4 Å². The molecule has 0 aromatic heterocycles. The summed E-state index contributed by atoms with van der Waals surface area (Å²) in [4.78, 5) is 20.5. The van der Waals surface area contributed by atoms with E-state index in [1.807, 2.05) is 0 Å². The predicted molar refractivity (Wildman–Crippen MR) is 52.6 cm³/mol. The number of hydrogen-bond acceptors (Lipinski definition) is 4. The highest BCUT2D eigenvalue weighted by molar-refractivity contribution is 5.73. The molecule has 0 spiro atoms. The first-order valence-corrected chi connectivity index (χ1v) is 4.58. The third-order valence-corrected chi connectivity index (χ3v) is 1.79. The summed E-state index contributed by atoms with van der Waals surface area (Å²) < 4.78 is 0. The molecule has 5 nitrogen and oxygen atoms in total. The second kappa shape index (κ2) is 8.44. The molecule has 14 heavy (non-hydrogen) atoms. The third-order valence-electron chi connectivity index (χ3n) is 1.79. The third kappa shape index (κ3) is 6.37. The number of nitrogens with two attached hydrogens (primary N) is 1. The maximum Gasteiger partial charge on any atom is 0.320 e. The first kappa shape index (κ1) is 12.8. The zero-order chi connectivity index (χ0) is 10.8. The van der Waals surface area contributed by atoms with Crippen molar-refractivity contribution in [2.75, 3.05) is 13.1 Å². The Kier molecular flexibility index (Phi) is 7.74. The second-order valence-corrected chi connectivity index (χ2v) is 2.91. The van der Waals surface area contributed by atoms with Gasteiger partial charge in [-0.2, -0.15) is 0 Å². The smallest absolute Gasteiger partial charge is 0.320 e. The number of carbonyl (C=O) groups is 1. The van der Waals surface area contributed by atoms with Crippen molar-refractivity contribution >= 4 is 11.9 Å². The lowest BCUT2D eigenvalue weighted by molar-refractivity contribution is -0.139. The first-order chi connectivity index (χ1) is 6.72. The molecule has 5 heteroatoms. The molecule has 0 saturated heterocycles. The molecule has 1 atom stereocenters. The summed E-state index contributed by atoms with van der Waals surface area (Å²) in [7, 11) is 0. The molecule has 0 saturated carbocycles. The van der Waals surface area contributed by atoms with Crippen molar-refractivity contribution in [1.82, 2.24) is 5.32 Å². The summed E-state index contributed by atoms with van der Waals surface area (Å²) in [5, 5.41) is 11.5. The van der Waals surface area contributed by atoms with E-state index in [0.29, 0.717) is 13.0 Å². The number of carbonyl (C=O) groups excluding carboxylic acids is 1. The van der Waals surface area contributed by atoms with Crippen LogP contribution >= 0.6 is 0 Å². The van der Waals surface area contributed by atoms with Gasteiger partial charge in [-0.3, -0.25) is 4.79 Å². The highest BCUT2D eigenvalue weighted by Crippen LogP contribution is 2.00. The van der Waals surface area contributed by atoms with Crippen LogP contribution in [0.1, 0.15) is 19.3 Å². The first-order valence-electron chi connectivity index (χ1n) is 4.58. The van der Waals surface area contributed by atoms with E-state index in [1.54, 1.807) is 5.94 Å².